The Kier molecular flexibility index (Phi) is 4.67. The van der Waals surface area contributed by atoms with Crippen LogP contribution >= 0.6 is 0 Å². The standard InChI is InChI=1S/C15H13F2N3O2/c16-12-6-5-11(7-13(12)17)20-14(21)10-3-1-9(2-4-10)8-19-15(18)22/h1-7H,8H2,(H,20,21)(H3,18,19,22). The summed E-state index contributed by atoms with van der Waals surface area (Å²) in [6.07, 6.45) is 0. The van der Waals surface area contributed by atoms with Crippen LogP contribution in [-0.4, -0.2) is 11.9 Å². The number of urea groups is 1. The van der Waals surface area contributed by atoms with Crippen LogP contribution in [0.3, 0.4) is 0 Å². The summed E-state index contributed by atoms with van der Waals surface area (Å²) in [4.78, 5) is 22.6. The van der Waals surface area contributed by atoms with Gasteiger partial charge in [-0.05, 0) is 29.8 Å². The lowest BCUT2D eigenvalue weighted by molar-refractivity contribution is 0.102. The minimum Gasteiger partial charge on any atom is -0.352 e. The van der Waals surface area contributed by atoms with Crippen LogP contribution in [0.15, 0.2) is 42.5 Å². The van der Waals surface area contributed by atoms with E-state index in [-0.39, 0.29) is 12.2 Å². The van der Waals surface area contributed by atoms with E-state index in [4.69, 9.17) is 5.73 Å². The maximum absolute atomic E-state index is 13.1. The van der Waals surface area contributed by atoms with Gasteiger partial charge in [-0.3, -0.25) is 4.79 Å². The topological polar surface area (TPSA) is 84.2 Å². The number of nitrogens with two attached hydrogens (primary N) is 1. The maximum atomic E-state index is 13.1. The van der Waals surface area contributed by atoms with E-state index in [0.717, 1.165) is 17.7 Å². The van der Waals surface area contributed by atoms with Crippen LogP contribution in [0.1, 0.15) is 15.9 Å². The molecule has 2 aromatic rings. The van der Waals surface area contributed by atoms with Gasteiger partial charge in [0.15, 0.2) is 11.6 Å². The van der Waals surface area contributed by atoms with Crippen molar-refractivity contribution >= 4 is 17.6 Å². The van der Waals surface area contributed by atoms with Gasteiger partial charge in [0.05, 0.1) is 0 Å². The van der Waals surface area contributed by atoms with Gasteiger partial charge < -0.3 is 16.4 Å². The molecule has 0 aliphatic carbocycles. The second-order valence-corrected chi connectivity index (χ2v) is 4.50. The largest absolute Gasteiger partial charge is 0.352 e. The van der Waals surface area contributed by atoms with E-state index in [9.17, 15) is 18.4 Å². The highest BCUT2D eigenvalue weighted by Crippen LogP contribution is 2.14. The molecule has 22 heavy (non-hydrogen) atoms. The molecule has 0 spiro atoms. The van der Waals surface area contributed by atoms with Gasteiger partial charge in [0.2, 0.25) is 0 Å². The summed E-state index contributed by atoms with van der Waals surface area (Å²) in [6.45, 7) is 0.250. The minimum absolute atomic E-state index is 0.156. The fourth-order valence-electron chi connectivity index (χ4n) is 1.74. The molecule has 3 amide bonds. The Morgan fingerprint density at radius 2 is 1.68 bits per heavy atom. The van der Waals surface area contributed by atoms with Crippen molar-refractivity contribution in [1.82, 2.24) is 5.32 Å². The van der Waals surface area contributed by atoms with E-state index >= 15 is 0 Å². The summed E-state index contributed by atoms with van der Waals surface area (Å²) in [5.41, 5.74) is 6.22. The number of anilines is 1. The zero-order valence-corrected chi connectivity index (χ0v) is 11.4. The molecule has 2 rings (SSSR count). The fourth-order valence-corrected chi connectivity index (χ4v) is 1.74. The monoisotopic (exact) mass is 305 g/mol. The van der Waals surface area contributed by atoms with E-state index in [1.54, 1.807) is 24.3 Å². The number of hydrogen-bond acceptors (Lipinski definition) is 2. The molecule has 114 valence electrons. The lowest BCUT2D eigenvalue weighted by atomic mass is 10.1. The molecule has 0 atom stereocenters. The molecule has 0 aliphatic rings. The van der Waals surface area contributed by atoms with Crippen LogP contribution < -0.4 is 16.4 Å². The number of primary amides is 1. The van der Waals surface area contributed by atoms with Crippen LogP contribution in [0.2, 0.25) is 0 Å². The van der Waals surface area contributed by atoms with E-state index < -0.39 is 23.6 Å². The second kappa shape index (κ2) is 6.66. The van der Waals surface area contributed by atoms with E-state index in [0.29, 0.717) is 5.56 Å². The number of benzene rings is 2. The third-order valence-corrected chi connectivity index (χ3v) is 2.86. The van der Waals surface area contributed by atoms with Crippen molar-refractivity contribution in [3.63, 3.8) is 0 Å². The molecule has 0 saturated heterocycles. The molecule has 2 aromatic carbocycles. The molecule has 0 aliphatic heterocycles. The molecule has 0 radical (unpaired) electrons. The normalized spacial score (nSPS) is 10.1. The molecule has 0 saturated carbocycles. The Balaban J connectivity index is 2.03. The molecule has 5 nitrogen and oxygen atoms in total. The van der Waals surface area contributed by atoms with Crippen LogP contribution in [-0.2, 0) is 6.54 Å². The fraction of sp³-hybridized carbons (Fsp3) is 0.0667. The van der Waals surface area contributed by atoms with Gasteiger partial charge in [-0.15, -0.1) is 0 Å². The summed E-state index contributed by atoms with van der Waals surface area (Å²) in [5.74, 6) is -2.48. The minimum atomic E-state index is -1.04. The number of halogens is 2. The molecule has 0 unspecified atom stereocenters. The molecule has 0 bridgehead atoms. The highest BCUT2D eigenvalue weighted by Gasteiger charge is 2.08. The van der Waals surface area contributed by atoms with Gasteiger partial charge in [0.25, 0.3) is 5.91 Å². The molecule has 0 heterocycles. The summed E-state index contributed by atoms with van der Waals surface area (Å²) in [5, 5.41) is 4.88. The van der Waals surface area contributed by atoms with Crippen molar-refractivity contribution in [2.24, 2.45) is 5.73 Å². The number of hydrogen-bond donors (Lipinski definition) is 3. The predicted octanol–water partition coefficient (Wildman–Crippen LogP) is 2.39. The van der Waals surface area contributed by atoms with Gasteiger partial charge in [-0.1, -0.05) is 12.1 Å². The lowest BCUT2D eigenvalue weighted by Crippen LogP contribution is -2.28. The Morgan fingerprint density at radius 3 is 2.27 bits per heavy atom. The predicted molar refractivity (Wildman–Crippen MR) is 77.2 cm³/mol. The first-order valence-corrected chi connectivity index (χ1v) is 6.34. The first-order chi connectivity index (χ1) is 10.5. The van der Waals surface area contributed by atoms with Gasteiger partial charge in [-0.25, -0.2) is 13.6 Å². The van der Waals surface area contributed by atoms with Crippen molar-refractivity contribution in [3.05, 3.63) is 65.2 Å². The zero-order valence-electron chi connectivity index (χ0n) is 11.4. The van der Waals surface area contributed by atoms with Crippen molar-refractivity contribution in [1.29, 1.82) is 0 Å². The molecular formula is C15H13F2N3O2. The van der Waals surface area contributed by atoms with Gasteiger partial charge >= 0.3 is 6.03 Å². The van der Waals surface area contributed by atoms with Crippen LogP contribution in [0.4, 0.5) is 19.3 Å². The SMILES string of the molecule is NC(=O)NCc1ccc(C(=O)Nc2ccc(F)c(F)c2)cc1. The van der Waals surface area contributed by atoms with E-state index in [2.05, 4.69) is 10.6 Å². The number of carbonyl (C=O) groups is 2. The van der Waals surface area contributed by atoms with Crippen molar-refractivity contribution < 1.29 is 18.4 Å². The molecule has 0 aromatic heterocycles. The number of nitrogens with one attached hydrogen (secondary N) is 2. The average Bonchev–Trinajstić information content (AvgIpc) is 2.49. The Bertz CT molecular complexity index is 702. The number of rotatable bonds is 4. The summed E-state index contributed by atoms with van der Waals surface area (Å²) in [7, 11) is 0. The molecule has 4 N–H and O–H groups in total. The first kappa shape index (κ1) is 15.4. The maximum Gasteiger partial charge on any atom is 0.312 e. The van der Waals surface area contributed by atoms with Crippen molar-refractivity contribution in [2.75, 3.05) is 5.32 Å². The van der Waals surface area contributed by atoms with Crippen molar-refractivity contribution in [3.8, 4) is 0 Å². The lowest BCUT2D eigenvalue weighted by Gasteiger charge is -2.07. The average molecular weight is 305 g/mol. The molecule has 7 heteroatoms. The molecular weight excluding hydrogens is 292 g/mol. The second-order valence-electron chi connectivity index (χ2n) is 4.50. The third kappa shape index (κ3) is 4.02. The van der Waals surface area contributed by atoms with Crippen LogP contribution in [0, 0.1) is 11.6 Å². The van der Waals surface area contributed by atoms with E-state index in [1.807, 2.05) is 0 Å². The highest BCUT2D eigenvalue weighted by atomic mass is 19.2. The van der Waals surface area contributed by atoms with Crippen LogP contribution in [0.5, 0.6) is 0 Å². The quantitative estimate of drug-likeness (QED) is 0.810. The Morgan fingerprint density at radius 1 is 1.00 bits per heavy atom. The van der Waals surface area contributed by atoms with E-state index in [1.165, 1.54) is 6.07 Å². The van der Waals surface area contributed by atoms with Gasteiger partial charge in [0, 0.05) is 23.9 Å². The van der Waals surface area contributed by atoms with Gasteiger partial charge in [-0.2, -0.15) is 0 Å². The number of carbonyl (C=O) groups excluding carboxylic acids is 2. The summed E-state index contributed by atoms with van der Waals surface area (Å²) in [6, 6.07) is 8.86. The van der Waals surface area contributed by atoms with Crippen molar-refractivity contribution in [2.45, 2.75) is 6.54 Å². The third-order valence-electron chi connectivity index (χ3n) is 2.86. The highest BCUT2D eigenvalue weighted by molar-refractivity contribution is 6.04. The smallest absolute Gasteiger partial charge is 0.312 e. The zero-order chi connectivity index (χ0) is 16.1. The van der Waals surface area contributed by atoms with Crippen LogP contribution in [0.25, 0.3) is 0 Å². The Labute approximate surface area is 125 Å². The first-order valence-electron chi connectivity index (χ1n) is 6.34. The summed E-state index contributed by atoms with van der Waals surface area (Å²) >= 11 is 0. The summed E-state index contributed by atoms with van der Waals surface area (Å²) < 4.78 is 25.9. The number of amides is 3. The van der Waals surface area contributed by atoms with Gasteiger partial charge in [0.1, 0.15) is 0 Å². The molecule has 0 fully saturated rings. The Hall–Kier alpha value is -2.96.